The first kappa shape index (κ1) is 13.4. The second-order valence-corrected chi connectivity index (χ2v) is 4.85. The summed E-state index contributed by atoms with van der Waals surface area (Å²) in [6, 6.07) is 6.02. The van der Waals surface area contributed by atoms with E-state index in [0.29, 0.717) is 25.1 Å². The van der Waals surface area contributed by atoms with Gasteiger partial charge in [-0.3, -0.25) is 0 Å². The predicted octanol–water partition coefficient (Wildman–Crippen LogP) is 2.45. The van der Waals surface area contributed by atoms with Crippen molar-refractivity contribution in [3.05, 3.63) is 35.4 Å². The maximum absolute atomic E-state index is 12.9. The molecule has 100 valence electrons. The quantitative estimate of drug-likeness (QED) is 0.883. The summed E-state index contributed by atoms with van der Waals surface area (Å²) < 4.78 is 38.8. The van der Waals surface area contributed by atoms with Gasteiger partial charge in [0.1, 0.15) is 0 Å². The molecule has 0 aromatic heterocycles. The average Bonchev–Trinajstić information content (AvgIpc) is 2.69. The number of hydrogen-bond acceptors (Lipinski definition) is 2. The first-order valence-corrected chi connectivity index (χ1v) is 6.00. The third-order valence-corrected chi connectivity index (χ3v) is 3.67. The summed E-state index contributed by atoms with van der Waals surface area (Å²) in [6.45, 7) is 1.12. The third kappa shape index (κ3) is 2.52. The van der Waals surface area contributed by atoms with Crippen LogP contribution in [0.15, 0.2) is 24.3 Å². The van der Waals surface area contributed by atoms with Crippen LogP contribution in [-0.4, -0.2) is 31.1 Å². The second kappa shape index (κ2) is 4.90. The highest BCUT2D eigenvalue weighted by atomic mass is 19.4. The van der Waals surface area contributed by atoms with Crippen molar-refractivity contribution in [2.24, 2.45) is 5.73 Å². The van der Waals surface area contributed by atoms with Crippen molar-refractivity contribution < 1.29 is 13.2 Å². The van der Waals surface area contributed by atoms with Crippen molar-refractivity contribution in [1.82, 2.24) is 4.90 Å². The lowest BCUT2D eigenvalue weighted by Gasteiger charge is -2.17. The molecule has 0 aliphatic carbocycles. The highest BCUT2D eigenvalue weighted by Gasteiger charge is 2.38. The van der Waals surface area contributed by atoms with Crippen LogP contribution in [-0.2, 0) is 6.18 Å². The van der Waals surface area contributed by atoms with Crippen LogP contribution in [0.5, 0.6) is 0 Å². The van der Waals surface area contributed by atoms with E-state index < -0.39 is 11.7 Å². The van der Waals surface area contributed by atoms with E-state index >= 15 is 0 Å². The van der Waals surface area contributed by atoms with E-state index in [1.54, 1.807) is 12.1 Å². The van der Waals surface area contributed by atoms with E-state index in [4.69, 9.17) is 5.73 Å². The van der Waals surface area contributed by atoms with E-state index in [1.165, 1.54) is 6.07 Å². The summed E-state index contributed by atoms with van der Waals surface area (Å²) in [5, 5.41) is 0. The molecule has 2 nitrogen and oxygen atoms in total. The zero-order valence-electron chi connectivity index (χ0n) is 10.2. The average molecular weight is 258 g/mol. The molecule has 2 atom stereocenters. The maximum atomic E-state index is 12.9. The molecule has 2 unspecified atom stereocenters. The summed E-state index contributed by atoms with van der Waals surface area (Å²) >= 11 is 0. The first-order valence-electron chi connectivity index (χ1n) is 6.00. The van der Waals surface area contributed by atoms with Crippen LogP contribution in [0, 0.1) is 0 Å². The van der Waals surface area contributed by atoms with Crippen LogP contribution in [0.4, 0.5) is 13.2 Å². The molecule has 18 heavy (non-hydrogen) atoms. The molecule has 0 saturated carbocycles. The van der Waals surface area contributed by atoms with E-state index in [2.05, 4.69) is 0 Å². The molecular formula is C13H17F3N2. The van der Waals surface area contributed by atoms with E-state index in [9.17, 15) is 13.2 Å². The Kier molecular flexibility index (Phi) is 3.64. The van der Waals surface area contributed by atoms with Gasteiger partial charge in [-0.25, -0.2) is 0 Å². The smallest absolute Gasteiger partial charge is 0.329 e. The molecule has 0 radical (unpaired) electrons. The number of hydrogen-bond donors (Lipinski definition) is 1. The maximum Gasteiger partial charge on any atom is 0.416 e. The Morgan fingerprint density at radius 3 is 2.56 bits per heavy atom. The second-order valence-electron chi connectivity index (χ2n) is 4.85. The fourth-order valence-corrected chi connectivity index (χ4v) is 2.69. The van der Waals surface area contributed by atoms with Crippen LogP contribution in [0.2, 0.25) is 0 Å². The summed E-state index contributed by atoms with van der Waals surface area (Å²) in [4.78, 5) is 2.04. The summed E-state index contributed by atoms with van der Waals surface area (Å²) in [7, 11) is 1.91. The zero-order chi connectivity index (χ0) is 13.3. The molecule has 1 heterocycles. The van der Waals surface area contributed by atoms with Gasteiger partial charge < -0.3 is 10.6 Å². The number of likely N-dealkylation sites (tertiary alicyclic amines) is 1. The van der Waals surface area contributed by atoms with Gasteiger partial charge in [0.15, 0.2) is 0 Å². The van der Waals surface area contributed by atoms with Crippen LogP contribution in [0.3, 0.4) is 0 Å². The normalized spacial score (nSPS) is 25.6. The van der Waals surface area contributed by atoms with Crippen molar-refractivity contribution >= 4 is 0 Å². The van der Waals surface area contributed by atoms with Gasteiger partial charge in [-0.05, 0) is 31.0 Å². The molecular weight excluding hydrogens is 241 g/mol. The lowest BCUT2D eigenvalue weighted by molar-refractivity contribution is -0.138. The summed E-state index contributed by atoms with van der Waals surface area (Å²) in [5.74, 6) is -0.0821. The van der Waals surface area contributed by atoms with Crippen LogP contribution in [0.25, 0.3) is 0 Å². The van der Waals surface area contributed by atoms with Crippen LogP contribution in [0.1, 0.15) is 23.5 Å². The van der Waals surface area contributed by atoms with Gasteiger partial charge >= 0.3 is 6.18 Å². The van der Waals surface area contributed by atoms with Crippen molar-refractivity contribution in [1.29, 1.82) is 0 Å². The lowest BCUT2D eigenvalue weighted by atomic mass is 9.92. The molecule has 1 aliphatic rings. The van der Waals surface area contributed by atoms with E-state index in [-0.39, 0.29) is 12.0 Å². The molecule has 1 aromatic carbocycles. The molecule has 1 aliphatic heterocycles. The van der Waals surface area contributed by atoms with Gasteiger partial charge in [0.2, 0.25) is 0 Å². The molecule has 1 saturated heterocycles. The van der Waals surface area contributed by atoms with E-state index in [0.717, 1.165) is 6.07 Å². The molecule has 5 heteroatoms. The monoisotopic (exact) mass is 258 g/mol. The van der Waals surface area contributed by atoms with E-state index in [1.807, 2.05) is 11.9 Å². The topological polar surface area (TPSA) is 29.3 Å². The zero-order valence-corrected chi connectivity index (χ0v) is 10.2. The summed E-state index contributed by atoms with van der Waals surface area (Å²) in [6.07, 6.45) is -3.59. The van der Waals surface area contributed by atoms with Crippen molar-refractivity contribution in [3.63, 3.8) is 0 Å². The van der Waals surface area contributed by atoms with Crippen molar-refractivity contribution in [2.45, 2.75) is 24.6 Å². The van der Waals surface area contributed by atoms with Crippen LogP contribution < -0.4 is 5.73 Å². The Labute approximate surface area is 105 Å². The fraction of sp³-hybridized carbons (Fsp3) is 0.538. The Balaban J connectivity index is 2.30. The van der Waals surface area contributed by atoms with Gasteiger partial charge in [-0.1, -0.05) is 18.2 Å². The number of nitrogens with two attached hydrogens (primary N) is 1. The third-order valence-electron chi connectivity index (χ3n) is 3.67. The first-order chi connectivity index (χ1) is 8.43. The number of nitrogens with zero attached hydrogens (tertiary/aromatic N) is 1. The molecule has 2 N–H and O–H groups in total. The van der Waals surface area contributed by atoms with Gasteiger partial charge in [-0.2, -0.15) is 13.2 Å². The fourth-order valence-electron chi connectivity index (χ4n) is 2.69. The predicted molar refractivity (Wildman–Crippen MR) is 64.3 cm³/mol. The van der Waals surface area contributed by atoms with Crippen molar-refractivity contribution in [2.75, 3.05) is 20.1 Å². The minimum Gasteiger partial charge on any atom is -0.329 e. The molecule has 0 spiro atoms. The highest BCUT2D eigenvalue weighted by molar-refractivity contribution is 5.34. The van der Waals surface area contributed by atoms with Crippen LogP contribution >= 0.6 is 0 Å². The minimum atomic E-state index is -4.28. The number of benzene rings is 1. The lowest BCUT2D eigenvalue weighted by Crippen LogP contribution is -2.31. The largest absolute Gasteiger partial charge is 0.416 e. The standard InChI is InChI=1S/C13H17F3N2/c1-18-8-9(6-10(18)7-17)11-4-2-3-5-12(11)13(14,15)16/h2-5,9-10H,6-8,17H2,1H3. The molecule has 1 fully saturated rings. The highest BCUT2D eigenvalue weighted by Crippen LogP contribution is 2.39. The molecule has 1 aromatic rings. The number of rotatable bonds is 2. The minimum absolute atomic E-state index is 0.0821. The number of alkyl halides is 3. The van der Waals surface area contributed by atoms with Gasteiger partial charge in [0.25, 0.3) is 0 Å². The summed E-state index contributed by atoms with van der Waals surface area (Å²) in [5.41, 5.74) is 5.51. The molecule has 2 rings (SSSR count). The Bertz CT molecular complexity index is 417. The number of likely N-dealkylation sites (N-methyl/N-ethyl adjacent to an activating group) is 1. The van der Waals surface area contributed by atoms with Gasteiger partial charge in [-0.15, -0.1) is 0 Å². The Morgan fingerprint density at radius 2 is 2.00 bits per heavy atom. The molecule has 0 amide bonds. The Hall–Kier alpha value is -1.07. The molecule has 0 bridgehead atoms. The Morgan fingerprint density at radius 1 is 1.33 bits per heavy atom. The number of halogens is 3. The SMILES string of the molecule is CN1CC(c2ccccc2C(F)(F)F)CC1CN. The van der Waals surface area contributed by atoms with Gasteiger partial charge in [0.05, 0.1) is 5.56 Å². The van der Waals surface area contributed by atoms with Crippen molar-refractivity contribution in [3.8, 4) is 0 Å². The van der Waals surface area contributed by atoms with Gasteiger partial charge in [0, 0.05) is 19.1 Å².